The first-order chi connectivity index (χ1) is 9.99. The van der Waals surface area contributed by atoms with Crippen LogP contribution in [0.25, 0.3) is 0 Å². The Kier molecular flexibility index (Phi) is 4.52. The van der Waals surface area contributed by atoms with Crippen LogP contribution in [0.4, 0.5) is 20.2 Å². The molecule has 0 unspecified atom stereocenters. The van der Waals surface area contributed by atoms with Crippen LogP contribution in [-0.4, -0.2) is 12.5 Å². The van der Waals surface area contributed by atoms with E-state index in [9.17, 15) is 13.6 Å². The smallest absolute Gasteiger partial charge is 0.243 e. The molecule has 0 radical (unpaired) electrons. The van der Waals surface area contributed by atoms with Crippen molar-refractivity contribution in [3.8, 4) is 0 Å². The van der Waals surface area contributed by atoms with E-state index in [0.29, 0.717) is 0 Å². The summed E-state index contributed by atoms with van der Waals surface area (Å²) in [6.45, 7) is 3.77. The molecule has 5 heteroatoms. The van der Waals surface area contributed by atoms with Gasteiger partial charge in [0.1, 0.15) is 17.3 Å². The number of aryl methyl sites for hydroxylation is 2. The van der Waals surface area contributed by atoms with E-state index in [4.69, 9.17) is 0 Å². The Morgan fingerprint density at radius 2 is 1.48 bits per heavy atom. The molecule has 2 rings (SSSR count). The second-order valence-corrected chi connectivity index (χ2v) is 4.77. The first-order valence-corrected chi connectivity index (χ1v) is 6.53. The van der Waals surface area contributed by atoms with Gasteiger partial charge in [0.15, 0.2) is 0 Å². The number of carbonyl (C=O) groups excluding carboxylic acids is 1. The third kappa shape index (κ3) is 3.56. The number of anilines is 2. The molecule has 110 valence electrons. The van der Waals surface area contributed by atoms with E-state index in [-0.39, 0.29) is 6.54 Å². The number of hydrogen-bond acceptors (Lipinski definition) is 2. The van der Waals surface area contributed by atoms with E-state index in [1.807, 2.05) is 32.0 Å². The Morgan fingerprint density at radius 3 is 2.05 bits per heavy atom. The number of amides is 1. The predicted molar refractivity (Wildman–Crippen MR) is 79.4 cm³/mol. The normalized spacial score (nSPS) is 10.3. The molecule has 0 bridgehead atoms. The van der Waals surface area contributed by atoms with Gasteiger partial charge in [0.25, 0.3) is 0 Å². The van der Waals surface area contributed by atoms with Crippen LogP contribution in [-0.2, 0) is 4.79 Å². The van der Waals surface area contributed by atoms with Gasteiger partial charge in [-0.15, -0.1) is 0 Å². The van der Waals surface area contributed by atoms with Crippen LogP contribution in [0.15, 0.2) is 36.4 Å². The Hall–Kier alpha value is -2.43. The lowest BCUT2D eigenvalue weighted by atomic mass is 10.1. The van der Waals surface area contributed by atoms with Crippen molar-refractivity contribution in [2.75, 3.05) is 17.2 Å². The lowest BCUT2D eigenvalue weighted by Gasteiger charge is -2.13. The van der Waals surface area contributed by atoms with E-state index in [1.54, 1.807) is 0 Å². The monoisotopic (exact) mass is 290 g/mol. The van der Waals surface area contributed by atoms with Gasteiger partial charge in [0.05, 0.1) is 6.54 Å². The lowest BCUT2D eigenvalue weighted by Crippen LogP contribution is -2.23. The van der Waals surface area contributed by atoms with Gasteiger partial charge in [-0.05, 0) is 37.1 Å². The topological polar surface area (TPSA) is 41.1 Å². The molecule has 0 aliphatic heterocycles. The Morgan fingerprint density at radius 1 is 0.952 bits per heavy atom. The van der Waals surface area contributed by atoms with Gasteiger partial charge in [-0.2, -0.15) is 0 Å². The summed E-state index contributed by atoms with van der Waals surface area (Å²) in [7, 11) is 0. The number of carbonyl (C=O) groups is 1. The van der Waals surface area contributed by atoms with Gasteiger partial charge in [-0.25, -0.2) is 8.78 Å². The highest BCUT2D eigenvalue weighted by atomic mass is 19.1. The number of halogens is 2. The molecule has 0 saturated heterocycles. The summed E-state index contributed by atoms with van der Waals surface area (Å²) in [5, 5.41) is 5.22. The Balaban J connectivity index is 2.03. The minimum absolute atomic E-state index is 0.0700. The van der Waals surface area contributed by atoms with Crippen LogP contribution in [0.1, 0.15) is 11.1 Å². The molecule has 0 fully saturated rings. The van der Waals surface area contributed by atoms with Crippen LogP contribution in [0.2, 0.25) is 0 Å². The Labute approximate surface area is 122 Å². The molecule has 2 N–H and O–H groups in total. The van der Waals surface area contributed by atoms with Crippen molar-refractivity contribution < 1.29 is 13.6 Å². The number of nitrogens with one attached hydrogen (secondary N) is 2. The zero-order valence-corrected chi connectivity index (χ0v) is 11.8. The molecular formula is C16H16F2N2O. The van der Waals surface area contributed by atoms with Crippen molar-refractivity contribution in [3.63, 3.8) is 0 Å². The van der Waals surface area contributed by atoms with Gasteiger partial charge in [0, 0.05) is 5.69 Å². The molecule has 0 aromatic heterocycles. The van der Waals surface area contributed by atoms with Crippen molar-refractivity contribution in [3.05, 3.63) is 59.2 Å². The fraction of sp³-hybridized carbons (Fsp3) is 0.188. The molecule has 0 heterocycles. The third-order valence-electron chi connectivity index (χ3n) is 3.13. The zero-order chi connectivity index (χ0) is 15.4. The largest absolute Gasteiger partial charge is 0.376 e. The van der Waals surface area contributed by atoms with Crippen LogP contribution < -0.4 is 10.6 Å². The lowest BCUT2D eigenvalue weighted by molar-refractivity contribution is -0.114. The molecule has 2 aromatic carbocycles. The van der Waals surface area contributed by atoms with Crippen molar-refractivity contribution in [2.24, 2.45) is 0 Å². The number of para-hydroxylation sites is 2. The summed E-state index contributed by atoms with van der Waals surface area (Å²) in [4.78, 5) is 11.8. The molecule has 21 heavy (non-hydrogen) atoms. The molecular weight excluding hydrogens is 274 g/mol. The van der Waals surface area contributed by atoms with Gasteiger partial charge in [0.2, 0.25) is 5.91 Å². The van der Waals surface area contributed by atoms with E-state index >= 15 is 0 Å². The second kappa shape index (κ2) is 6.35. The van der Waals surface area contributed by atoms with E-state index in [1.165, 1.54) is 6.07 Å². The van der Waals surface area contributed by atoms with Gasteiger partial charge in [-0.3, -0.25) is 4.79 Å². The number of hydrogen-bond donors (Lipinski definition) is 2. The average molecular weight is 290 g/mol. The van der Waals surface area contributed by atoms with Crippen LogP contribution >= 0.6 is 0 Å². The van der Waals surface area contributed by atoms with Crippen LogP contribution in [0, 0.1) is 25.5 Å². The maximum atomic E-state index is 13.4. The Bertz CT molecular complexity index is 631. The summed E-state index contributed by atoms with van der Waals surface area (Å²) in [6, 6.07) is 9.20. The van der Waals surface area contributed by atoms with Crippen molar-refractivity contribution in [1.82, 2.24) is 0 Å². The molecule has 1 amide bonds. The van der Waals surface area contributed by atoms with Crippen molar-refractivity contribution in [2.45, 2.75) is 13.8 Å². The van der Waals surface area contributed by atoms with Gasteiger partial charge < -0.3 is 10.6 Å². The van der Waals surface area contributed by atoms with Gasteiger partial charge in [-0.1, -0.05) is 24.3 Å². The predicted octanol–water partition coefficient (Wildman–Crippen LogP) is 3.63. The maximum absolute atomic E-state index is 13.4. The first-order valence-electron chi connectivity index (χ1n) is 6.53. The highest BCUT2D eigenvalue weighted by Gasteiger charge is 2.12. The molecule has 0 aliphatic carbocycles. The molecule has 0 spiro atoms. The molecule has 2 aromatic rings. The SMILES string of the molecule is Cc1cccc(C)c1NCC(=O)Nc1c(F)cccc1F. The minimum atomic E-state index is -0.796. The quantitative estimate of drug-likeness (QED) is 0.902. The number of benzene rings is 2. The van der Waals surface area contributed by atoms with Crippen molar-refractivity contribution in [1.29, 1.82) is 0 Å². The summed E-state index contributed by atoms with van der Waals surface area (Å²) in [6.07, 6.45) is 0. The summed E-state index contributed by atoms with van der Waals surface area (Å²) >= 11 is 0. The average Bonchev–Trinajstić information content (AvgIpc) is 2.42. The number of rotatable bonds is 4. The molecule has 0 atom stereocenters. The first kappa shape index (κ1) is 15.0. The fourth-order valence-electron chi connectivity index (χ4n) is 2.06. The highest BCUT2D eigenvalue weighted by Crippen LogP contribution is 2.20. The third-order valence-corrected chi connectivity index (χ3v) is 3.13. The molecule has 0 aliphatic rings. The van der Waals surface area contributed by atoms with Crippen LogP contribution in [0.5, 0.6) is 0 Å². The van der Waals surface area contributed by atoms with Crippen molar-refractivity contribution >= 4 is 17.3 Å². The zero-order valence-electron chi connectivity index (χ0n) is 11.8. The second-order valence-electron chi connectivity index (χ2n) is 4.77. The molecule has 0 saturated carbocycles. The van der Waals surface area contributed by atoms with E-state index in [2.05, 4.69) is 10.6 Å². The van der Waals surface area contributed by atoms with Crippen LogP contribution in [0.3, 0.4) is 0 Å². The molecule has 3 nitrogen and oxygen atoms in total. The minimum Gasteiger partial charge on any atom is -0.376 e. The fourth-order valence-corrected chi connectivity index (χ4v) is 2.06. The van der Waals surface area contributed by atoms with Gasteiger partial charge >= 0.3 is 0 Å². The summed E-state index contributed by atoms with van der Waals surface area (Å²) in [5.41, 5.74) is 2.42. The maximum Gasteiger partial charge on any atom is 0.243 e. The highest BCUT2D eigenvalue weighted by molar-refractivity contribution is 5.94. The van der Waals surface area contributed by atoms with E-state index < -0.39 is 23.2 Å². The summed E-state index contributed by atoms with van der Waals surface area (Å²) < 4.78 is 26.9. The standard InChI is InChI=1S/C16H16F2N2O/c1-10-5-3-6-11(2)15(10)19-9-14(21)20-16-12(17)7-4-8-13(16)18/h3-8,19H,9H2,1-2H3,(H,20,21). The summed E-state index contributed by atoms with van der Waals surface area (Å²) in [5.74, 6) is -2.10. The van der Waals surface area contributed by atoms with E-state index in [0.717, 1.165) is 28.9 Å².